The molecule has 0 saturated carbocycles. The van der Waals surface area contributed by atoms with Crippen LogP contribution in [0.5, 0.6) is 0 Å². The van der Waals surface area contributed by atoms with Crippen LogP contribution in [-0.4, -0.2) is 36.1 Å². The van der Waals surface area contributed by atoms with Gasteiger partial charge < -0.3 is 5.32 Å². The van der Waals surface area contributed by atoms with E-state index >= 15 is 0 Å². The van der Waals surface area contributed by atoms with E-state index in [2.05, 4.69) is 59.4 Å². The van der Waals surface area contributed by atoms with E-state index in [1.165, 1.54) is 23.1 Å². The molecule has 23 heavy (non-hydrogen) atoms. The van der Waals surface area contributed by atoms with E-state index < -0.39 is 0 Å². The van der Waals surface area contributed by atoms with Crippen LogP contribution < -0.4 is 5.32 Å². The minimum Gasteiger partial charge on any atom is -0.315 e. The van der Waals surface area contributed by atoms with E-state index in [1.54, 1.807) is 0 Å². The molecule has 1 aliphatic rings. The number of nitrogens with zero attached hydrogens (tertiary/aromatic N) is 2. The highest BCUT2D eigenvalue weighted by atomic mass is 15.2. The van der Waals surface area contributed by atoms with Gasteiger partial charge >= 0.3 is 0 Å². The van der Waals surface area contributed by atoms with E-state index in [-0.39, 0.29) is 0 Å². The highest BCUT2D eigenvalue weighted by Gasteiger charge is 2.23. The maximum atomic E-state index is 4.35. The van der Waals surface area contributed by atoms with Crippen LogP contribution in [0.25, 0.3) is 0 Å². The van der Waals surface area contributed by atoms with Gasteiger partial charge in [0.05, 0.1) is 6.04 Å². The van der Waals surface area contributed by atoms with Crippen LogP contribution in [0.3, 0.4) is 0 Å². The summed E-state index contributed by atoms with van der Waals surface area (Å²) in [6.07, 6.45) is 5.06. The van der Waals surface area contributed by atoms with E-state index in [1.807, 2.05) is 18.5 Å². The Morgan fingerprint density at radius 1 is 0.957 bits per heavy atom. The molecule has 2 aromatic rings. The molecule has 2 heterocycles. The van der Waals surface area contributed by atoms with Gasteiger partial charge in [0.2, 0.25) is 0 Å². The minimum absolute atomic E-state index is 0.296. The van der Waals surface area contributed by atoms with Crippen LogP contribution in [0.1, 0.15) is 48.9 Å². The molecular formula is C20H27N3. The quantitative estimate of drug-likeness (QED) is 0.935. The average molecular weight is 309 g/mol. The van der Waals surface area contributed by atoms with Crippen molar-refractivity contribution in [3.05, 3.63) is 65.5 Å². The lowest BCUT2D eigenvalue weighted by atomic mass is 9.95. The van der Waals surface area contributed by atoms with E-state index in [9.17, 15) is 0 Å². The molecule has 1 unspecified atom stereocenters. The predicted octanol–water partition coefficient (Wildman–Crippen LogP) is 3.59. The molecule has 1 saturated heterocycles. The van der Waals surface area contributed by atoms with Gasteiger partial charge in [0, 0.05) is 32.0 Å². The molecule has 3 rings (SSSR count). The van der Waals surface area contributed by atoms with Crippen LogP contribution >= 0.6 is 0 Å². The first-order valence-electron chi connectivity index (χ1n) is 8.70. The summed E-state index contributed by atoms with van der Waals surface area (Å²) in [6, 6.07) is 13.7. The number of benzene rings is 1. The van der Waals surface area contributed by atoms with Crippen LogP contribution in [0.4, 0.5) is 0 Å². The molecule has 1 N–H and O–H groups in total. The van der Waals surface area contributed by atoms with Gasteiger partial charge in [0.15, 0.2) is 0 Å². The van der Waals surface area contributed by atoms with Crippen molar-refractivity contribution < 1.29 is 0 Å². The summed E-state index contributed by atoms with van der Waals surface area (Å²) in [5, 5.41) is 3.50. The topological polar surface area (TPSA) is 28.2 Å². The minimum atomic E-state index is 0.296. The van der Waals surface area contributed by atoms with Crippen LogP contribution in [-0.2, 0) is 0 Å². The third-order valence-corrected chi connectivity index (χ3v) is 4.66. The lowest BCUT2D eigenvalue weighted by Gasteiger charge is -2.31. The van der Waals surface area contributed by atoms with Crippen LogP contribution in [0.15, 0.2) is 48.8 Å². The summed E-state index contributed by atoms with van der Waals surface area (Å²) in [5.74, 6) is 0.572. The molecule has 122 valence electrons. The summed E-state index contributed by atoms with van der Waals surface area (Å²) >= 11 is 0. The van der Waals surface area contributed by atoms with E-state index in [0.29, 0.717) is 12.0 Å². The fraction of sp³-hybridized carbons (Fsp3) is 0.450. The Kier molecular flexibility index (Phi) is 5.42. The van der Waals surface area contributed by atoms with Crippen LogP contribution in [0.2, 0.25) is 0 Å². The maximum absolute atomic E-state index is 4.35. The first-order valence-corrected chi connectivity index (χ1v) is 8.70. The Balaban J connectivity index is 1.94. The molecule has 0 aliphatic carbocycles. The maximum Gasteiger partial charge on any atom is 0.0617 e. The second kappa shape index (κ2) is 7.71. The van der Waals surface area contributed by atoms with Crippen molar-refractivity contribution >= 4 is 0 Å². The Bertz CT molecular complexity index is 584. The molecule has 0 amide bonds. The summed E-state index contributed by atoms with van der Waals surface area (Å²) < 4.78 is 0. The normalized spacial score (nSPS) is 17.9. The Hall–Kier alpha value is -1.71. The van der Waals surface area contributed by atoms with Gasteiger partial charge in [-0.05, 0) is 41.6 Å². The van der Waals surface area contributed by atoms with Gasteiger partial charge in [-0.15, -0.1) is 0 Å². The number of aromatic nitrogens is 1. The first-order chi connectivity index (χ1) is 11.3. The molecule has 0 radical (unpaired) electrons. The third-order valence-electron chi connectivity index (χ3n) is 4.66. The first kappa shape index (κ1) is 16.2. The number of nitrogens with one attached hydrogen (secondary N) is 1. The van der Waals surface area contributed by atoms with E-state index in [0.717, 1.165) is 26.2 Å². The molecule has 1 aromatic heterocycles. The zero-order chi connectivity index (χ0) is 16.1. The number of pyridine rings is 1. The Morgan fingerprint density at radius 2 is 1.74 bits per heavy atom. The fourth-order valence-corrected chi connectivity index (χ4v) is 3.34. The van der Waals surface area contributed by atoms with Crippen molar-refractivity contribution in [2.75, 3.05) is 26.2 Å². The molecule has 0 bridgehead atoms. The summed E-state index contributed by atoms with van der Waals surface area (Å²) in [6.45, 7) is 8.86. The summed E-state index contributed by atoms with van der Waals surface area (Å²) in [4.78, 5) is 6.94. The smallest absolute Gasteiger partial charge is 0.0617 e. The van der Waals surface area contributed by atoms with Crippen molar-refractivity contribution in [3.63, 3.8) is 0 Å². The van der Waals surface area contributed by atoms with E-state index in [4.69, 9.17) is 0 Å². The summed E-state index contributed by atoms with van der Waals surface area (Å²) in [7, 11) is 0. The molecule has 0 spiro atoms. The lowest BCUT2D eigenvalue weighted by molar-refractivity contribution is 0.240. The van der Waals surface area contributed by atoms with Crippen molar-refractivity contribution in [3.8, 4) is 0 Å². The highest BCUT2D eigenvalue weighted by molar-refractivity contribution is 5.33. The van der Waals surface area contributed by atoms with Crippen molar-refractivity contribution in [2.45, 2.75) is 32.2 Å². The zero-order valence-electron chi connectivity index (χ0n) is 14.2. The zero-order valence-corrected chi connectivity index (χ0v) is 14.2. The van der Waals surface area contributed by atoms with Crippen molar-refractivity contribution in [1.82, 2.24) is 15.2 Å². The predicted molar refractivity (Wildman–Crippen MR) is 95.7 cm³/mol. The van der Waals surface area contributed by atoms with Gasteiger partial charge in [-0.2, -0.15) is 0 Å². The number of hydrogen-bond donors (Lipinski definition) is 1. The highest BCUT2D eigenvalue weighted by Crippen LogP contribution is 2.29. The van der Waals surface area contributed by atoms with Crippen molar-refractivity contribution in [1.29, 1.82) is 0 Å². The third kappa shape index (κ3) is 3.98. The molecular weight excluding hydrogens is 282 g/mol. The van der Waals surface area contributed by atoms with Gasteiger partial charge in [0.25, 0.3) is 0 Å². The van der Waals surface area contributed by atoms with Gasteiger partial charge in [-0.3, -0.25) is 9.88 Å². The molecule has 3 heteroatoms. The molecule has 3 nitrogen and oxygen atoms in total. The standard InChI is InChI=1S/C20H27N3/c1-16(2)17-6-8-18(9-7-17)20(19-5-3-10-22-15-19)23-13-4-11-21-12-14-23/h3,5-10,15-16,20-21H,4,11-14H2,1-2H3. The number of rotatable bonds is 4. The Morgan fingerprint density at radius 3 is 2.43 bits per heavy atom. The SMILES string of the molecule is CC(C)c1ccc(C(c2cccnc2)N2CCCNCC2)cc1. The molecule has 1 fully saturated rings. The summed E-state index contributed by atoms with van der Waals surface area (Å²) in [5.41, 5.74) is 4.05. The van der Waals surface area contributed by atoms with Gasteiger partial charge in [-0.25, -0.2) is 0 Å². The number of hydrogen-bond acceptors (Lipinski definition) is 3. The Labute approximate surface area is 139 Å². The monoisotopic (exact) mass is 309 g/mol. The lowest BCUT2D eigenvalue weighted by Crippen LogP contribution is -2.33. The second-order valence-electron chi connectivity index (χ2n) is 6.65. The second-order valence-corrected chi connectivity index (χ2v) is 6.65. The van der Waals surface area contributed by atoms with Crippen LogP contribution in [0, 0.1) is 0 Å². The largest absolute Gasteiger partial charge is 0.315 e. The molecule has 1 aliphatic heterocycles. The van der Waals surface area contributed by atoms with Gasteiger partial charge in [0.1, 0.15) is 0 Å². The fourth-order valence-electron chi connectivity index (χ4n) is 3.34. The molecule has 1 atom stereocenters. The molecule has 1 aromatic carbocycles. The average Bonchev–Trinajstić information content (AvgIpc) is 2.86. The van der Waals surface area contributed by atoms with Gasteiger partial charge in [-0.1, -0.05) is 44.2 Å². The van der Waals surface area contributed by atoms with Crippen molar-refractivity contribution in [2.24, 2.45) is 0 Å².